The predicted molar refractivity (Wildman–Crippen MR) is 80.5 cm³/mol. The zero-order valence-corrected chi connectivity index (χ0v) is 12.7. The van der Waals surface area contributed by atoms with Crippen molar-refractivity contribution in [2.24, 2.45) is 0 Å². The molecule has 2 nitrogen and oxygen atoms in total. The van der Waals surface area contributed by atoms with Gasteiger partial charge in [-0.3, -0.25) is 0 Å². The average Bonchev–Trinajstić information content (AvgIpc) is 2.41. The fourth-order valence-electron chi connectivity index (χ4n) is 2.10. The van der Waals surface area contributed by atoms with Gasteiger partial charge in [0, 0.05) is 4.47 Å². The molecule has 0 bridgehead atoms. The molecule has 4 heteroatoms. The van der Waals surface area contributed by atoms with E-state index in [1.165, 1.54) is 12.1 Å². The van der Waals surface area contributed by atoms with Crippen molar-refractivity contribution in [3.8, 4) is 5.75 Å². The molecule has 1 atom stereocenters. The topological polar surface area (TPSA) is 29.5 Å². The number of hydrogen-bond donors (Lipinski definition) is 1. The third kappa shape index (κ3) is 4.05. The van der Waals surface area contributed by atoms with Crippen LogP contribution in [-0.4, -0.2) is 18.3 Å². The standard InChI is InChI=1S/C16H16BrFO2/c1-20-15-5-6-16(17)12(10-15)9-14(19)8-11-3-2-4-13(18)7-11/h2-7,10,14,19H,8-9H2,1H3. The molecule has 106 valence electrons. The van der Waals surface area contributed by atoms with Gasteiger partial charge in [0.05, 0.1) is 13.2 Å². The maximum Gasteiger partial charge on any atom is 0.123 e. The van der Waals surface area contributed by atoms with Crippen LogP contribution in [0.1, 0.15) is 11.1 Å². The SMILES string of the molecule is COc1ccc(Br)c(CC(O)Cc2cccc(F)c2)c1. The van der Waals surface area contributed by atoms with E-state index in [0.717, 1.165) is 21.3 Å². The van der Waals surface area contributed by atoms with E-state index in [1.54, 1.807) is 13.2 Å². The molecule has 0 fully saturated rings. The van der Waals surface area contributed by atoms with E-state index in [0.29, 0.717) is 12.8 Å². The zero-order chi connectivity index (χ0) is 14.5. The van der Waals surface area contributed by atoms with Crippen LogP contribution in [0.15, 0.2) is 46.9 Å². The van der Waals surface area contributed by atoms with Crippen molar-refractivity contribution in [3.63, 3.8) is 0 Å². The third-order valence-electron chi connectivity index (χ3n) is 3.07. The van der Waals surface area contributed by atoms with E-state index in [2.05, 4.69) is 15.9 Å². The molecule has 2 aromatic carbocycles. The van der Waals surface area contributed by atoms with Crippen LogP contribution in [0, 0.1) is 5.82 Å². The third-order valence-corrected chi connectivity index (χ3v) is 3.84. The normalized spacial score (nSPS) is 12.2. The van der Waals surface area contributed by atoms with Gasteiger partial charge in [0.15, 0.2) is 0 Å². The van der Waals surface area contributed by atoms with Gasteiger partial charge in [0.25, 0.3) is 0 Å². The summed E-state index contributed by atoms with van der Waals surface area (Å²) >= 11 is 3.46. The Hall–Kier alpha value is -1.39. The lowest BCUT2D eigenvalue weighted by molar-refractivity contribution is 0.175. The molecule has 0 aliphatic heterocycles. The van der Waals surface area contributed by atoms with Crippen molar-refractivity contribution in [2.75, 3.05) is 7.11 Å². The monoisotopic (exact) mass is 338 g/mol. The Morgan fingerprint density at radius 2 is 2.00 bits per heavy atom. The largest absolute Gasteiger partial charge is 0.497 e. The molecule has 2 rings (SSSR count). The number of hydrogen-bond acceptors (Lipinski definition) is 2. The summed E-state index contributed by atoms with van der Waals surface area (Å²) in [4.78, 5) is 0. The van der Waals surface area contributed by atoms with Crippen molar-refractivity contribution in [2.45, 2.75) is 18.9 Å². The van der Waals surface area contributed by atoms with Gasteiger partial charge in [0.2, 0.25) is 0 Å². The summed E-state index contributed by atoms with van der Waals surface area (Å²) in [6.07, 6.45) is 0.329. The summed E-state index contributed by atoms with van der Waals surface area (Å²) in [6, 6.07) is 11.9. The number of rotatable bonds is 5. The van der Waals surface area contributed by atoms with Crippen LogP contribution < -0.4 is 4.74 Å². The molecule has 1 N–H and O–H groups in total. The second-order valence-corrected chi connectivity index (χ2v) is 5.50. The quantitative estimate of drug-likeness (QED) is 0.899. The van der Waals surface area contributed by atoms with E-state index in [-0.39, 0.29) is 5.82 Å². The molecular formula is C16H16BrFO2. The molecule has 1 unspecified atom stereocenters. The number of methoxy groups -OCH3 is 1. The van der Waals surface area contributed by atoms with Crippen LogP contribution >= 0.6 is 15.9 Å². The summed E-state index contributed by atoms with van der Waals surface area (Å²) in [6.45, 7) is 0. The molecule has 0 radical (unpaired) electrons. The molecule has 0 aliphatic rings. The van der Waals surface area contributed by atoms with Crippen LogP contribution in [0.2, 0.25) is 0 Å². The van der Waals surface area contributed by atoms with Crippen LogP contribution in [0.5, 0.6) is 5.75 Å². The lowest BCUT2D eigenvalue weighted by atomic mass is 10.0. The lowest BCUT2D eigenvalue weighted by Gasteiger charge is -2.13. The van der Waals surface area contributed by atoms with Crippen LogP contribution in [-0.2, 0) is 12.8 Å². The van der Waals surface area contributed by atoms with Crippen molar-refractivity contribution >= 4 is 15.9 Å². The summed E-state index contributed by atoms with van der Waals surface area (Å²) in [7, 11) is 1.61. The first-order chi connectivity index (χ1) is 9.58. The Balaban J connectivity index is 2.06. The van der Waals surface area contributed by atoms with Crippen molar-refractivity contribution in [3.05, 3.63) is 63.9 Å². The molecular weight excluding hydrogens is 323 g/mol. The molecule has 0 heterocycles. The Morgan fingerprint density at radius 3 is 2.70 bits per heavy atom. The highest BCUT2D eigenvalue weighted by Gasteiger charge is 2.11. The van der Waals surface area contributed by atoms with Gasteiger partial charge in [-0.05, 0) is 54.3 Å². The van der Waals surface area contributed by atoms with Gasteiger partial charge in [-0.1, -0.05) is 28.1 Å². The van der Waals surface area contributed by atoms with Crippen LogP contribution in [0.3, 0.4) is 0 Å². The summed E-state index contributed by atoms with van der Waals surface area (Å²) in [5.74, 6) is 0.471. The first-order valence-corrected chi connectivity index (χ1v) is 7.12. The Morgan fingerprint density at radius 1 is 1.20 bits per heavy atom. The highest BCUT2D eigenvalue weighted by Crippen LogP contribution is 2.24. The lowest BCUT2D eigenvalue weighted by Crippen LogP contribution is -2.14. The van der Waals surface area contributed by atoms with Gasteiger partial charge in [-0.15, -0.1) is 0 Å². The zero-order valence-electron chi connectivity index (χ0n) is 11.1. The molecule has 0 saturated carbocycles. The Bertz CT molecular complexity index is 586. The van der Waals surface area contributed by atoms with E-state index in [4.69, 9.17) is 4.74 Å². The van der Waals surface area contributed by atoms with Crippen molar-refractivity contribution in [1.82, 2.24) is 0 Å². The minimum Gasteiger partial charge on any atom is -0.497 e. The maximum absolute atomic E-state index is 13.1. The number of aliphatic hydroxyl groups excluding tert-OH is 1. The molecule has 0 aromatic heterocycles. The van der Waals surface area contributed by atoms with Gasteiger partial charge < -0.3 is 9.84 Å². The molecule has 0 amide bonds. The van der Waals surface area contributed by atoms with E-state index in [1.807, 2.05) is 24.3 Å². The highest BCUT2D eigenvalue weighted by molar-refractivity contribution is 9.10. The second-order valence-electron chi connectivity index (χ2n) is 4.65. The number of aliphatic hydroxyl groups is 1. The predicted octanol–water partition coefficient (Wildman–Crippen LogP) is 3.74. The van der Waals surface area contributed by atoms with Crippen molar-refractivity contribution < 1.29 is 14.2 Å². The highest BCUT2D eigenvalue weighted by atomic mass is 79.9. The first kappa shape index (κ1) is 15.0. The fourth-order valence-corrected chi connectivity index (χ4v) is 2.51. The van der Waals surface area contributed by atoms with Crippen LogP contribution in [0.25, 0.3) is 0 Å². The van der Waals surface area contributed by atoms with Gasteiger partial charge in [-0.2, -0.15) is 0 Å². The van der Waals surface area contributed by atoms with Gasteiger partial charge in [-0.25, -0.2) is 4.39 Å². The van der Waals surface area contributed by atoms with Crippen molar-refractivity contribution in [1.29, 1.82) is 0 Å². The van der Waals surface area contributed by atoms with Gasteiger partial charge in [0.1, 0.15) is 11.6 Å². The van der Waals surface area contributed by atoms with Gasteiger partial charge >= 0.3 is 0 Å². The minimum absolute atomic E-state index is 0.280. The molecule has 0 spiro atoms. The van der Waals surface area contributed by atoms with E-state index in [9.17, 15) is 9.50 Å². The number of ether oxygens (including phenoxy) is 1. The Kier molecular flexibility index (Phi) is 5.15. The number of benzene rings is 2. The van der Waals surface area contributed by atoms with E-state index >= 15 is 0 Å². The summed E-state index contributed by atoms with van der Waals surface area (Å²) < 4.78 is 19.2. The minimum atomic E-state index is -0.569. The Labute approximate surface area is 126 Å². The fraction of sp³-hybridized carbons (Fsp3) is 0.250. The molecule has 0 saturated heterocycles. The molecule has 20 heavy (non-hydrogen) atoms. The summed E-state index contributed by atoms with van der Waals surface area (Å²) in [5, 5.41) is 10.2. The second kappa shape index (κ2) is 6.86. The number of halogens is 2. The smallest absolute Gasteiger partial charge is 0.123 e. The maximum atomic E-state index is 13.1. The average molecular weight is 339 g/mol. The summed E-state index contributed by atoms with van der Waals surface area (Å²) in [5.41, 5.74) is 1.75. The van der Waals surface area contributed by atoms with E-state index < -0.39 is 6.10 Å². The first-order valence-electron chi connectivity index (χ1n) is 6.33. The molecule has 2 aromatic rings. The van der Waals surface area contributed by atoms with Crippen LogP contribution in [0.4, 0.5) is 4.39 Å². The molecule has 0 aliphatic carbocycles.